The number of nitrogens with zero attached hydrogens (tertiary/aromatic N) is 2. The van der Waals surface area contributed by atoms with Gasteiger partial charge in [-0.25, -0.2) is 8.42 Å². The minimum absolute atomic E-state index is 0.0303. The fraction of sp³-hybridized carbons (Fsp3) is 0.417. The van der Waals surface area contributed by atoms with E-state index in [9.17, 15) is 8.42 Å². The van der Waals surface area contributed by atoms with Crippen molar-refractivity contribution >= 4 is 21.8 Å². The van der Waals surface area contributed by atoms with E-state index in [1.807, 2.05) is 67.5 Å². The molecular weight excluding hydrogens is 396 g/mol. The van der Waals surface area contributed by atoms with E-state index in [1.54, 1.807) is 4.31 Å². The molecule has 2 aliphatic rings. The molecule has 0 bridgehead atoms. The predicted octanol–water partition coefficient (Wildman–Crippen LogP) is 4.05. The molecule has 0 spiro atoms. The van der Waals surface area contributed by atoms with Crippen molar-refractivity contribution in [2.45, 2.75) is 38.3 Å². The third-order valence-corrected chi connectivity index (χ3v) is 7.87. The Balaban J connectivity index is 1.62. The Hall–Kier alpha value is -2.15. The second kappa shape index (κ2) is 8.92. The van der Waals surface area contributed by atoms with Crippen LogP contribution in [0.2, 0.25) is 0 Å². The molecule has 0 unspecified atom stereocenters. The fourth-order valence-electron chi connectivity index (χ4n) is 4.14. The zero-order chi connectivity index (χ0) is 21.1. The van der Waals surface area contributed by atoms with Crippen molar-refractivity contribution in [1.82, 2.24) is 4.31 Å². The van der Waals surface area contributed by atoms with Crippen molar-refractivity contribution < 1.29 is 13.2 Å². The predicted molar refractivity (Wildman–Crippen MR) is 122 cm³/mol. The molecule has 0 N–H and O–H groups in total. The van der Waals surface area contributed by atoms with Gasteiger partial charge in [-0.1, -0.05) is 36.4 Å². The number of anilines is 1. The monoisotopic (exact) mass is 426 g/mol. The summed E-state index contributed by atoms with van der Waals surface area (Å²) in [5.41, 5.74) is 4.30. The molecule has 1 heterocycles. The van der Waals surface area contributed by atoms with Crippen LogP contribution in [0.5, 0.6) is 0 Å². The van der Waals surface area contributed by atoms with Crippen molar-refractivity contribution in [2.75, 3.05) is 32.1 Å². The zero-order valence-corrected chi connectivity index (χ0v) is 18.6. The maximum atomic E-state index is 13.7. The molecule has 0 amide bonds. The van der Waals surface area contributed by atoms with Gasteiger partial charge in [-0.2, -0.15) is 4.31 Å². The first-order valence-corrected chi connectivity index (χ1v) is 12.0. The molecule has 0 saturated carbocycles. The van der Waals surface area contributed by atoms with Crippen LogP contribution in [-0.4, -0.2) is 46.1 Å². The average molecular weight is 427 g/mol. The lowest BCUT2D eigenvalue weighted by Crippen LogP contribution is -2.38. The maximum absolute atomic E-state index is 13.7. The minimum atomic E-state index is -3.57. The van der Waals surface area contributed by atoms with Crippen LogP contribution in [0.15, 0.2) is 53.4 Å². The smallest absolute Gasteiger partial charge is 0.239 e. The molecule has 1 saturated heterocycles. The van der Waals surface area contributed by atoms with Crippen LogP contribution in [0.25, 0.3) is 6.08 Å². The summed E-state index contributed by atoms with van der Waals surface area (Å²) in [6.07, 6.45) is 5.02. The molecule has 1 atom stereocenters. The van der Waals surface area contributed by atoms with Gasteiger partial charge in [0.1, 0.15) is 0 Å². The van der Waals surface area contributed by atoms with Gasteiger partial charge in [0.05, 0.1) is 11.0 Å². The highest BCUT2D eigenvalue weighted by atomic mass is 32.2. The highest BCUT2D eigenvalue weighted by molar-refractivity contribution is 7.93. The summed E-state index contributed by atoms with van der Waals surface area (Å²) in [6.45, 7) is 1.47. The second-order valence-electron chi connectivity index (χ2n) is 8.30. The Morgan fingerprint density at radius 2 is 1.80 bits per heavy atom. The van der Waals surface area contributed by atoms with E-state index >= 15 is 0 Å². The normalized spacial score (nSPS) is 18.9. The number of sulfonamides is 1. The first-order valence-electron chi connectivity index (χ1n) is 10.6. The van der Waals surface area contributed by atoms with Gasteiger partial charge in [-0.15, -0.1) is 0 Å². The number of benzene rings is 2. The molecule has 4 rings (SSSR count). The van der Waals surface area contributed by atoms with Crippen molar-refractivity contribution in [3.05, 3.63) is 70.1 Å². The van der Waals surface area contributed by atoms with Crippen molar-refractivity contribution in [3.63, 3.8) is 0 Å². The Labute approximate surface area is 180 Å². The third kappa shape index (κ3) is 4.61. The molecule has 1 aliphatic heterocycles. The Morgan fingerprint density at radius 3 is 2.50 bits per heavy atom. The zero-order valence-electron chi connectivity index (χ0n) is 17.8. The average Bonchev–Trinajstić information content (AvgIpc) is 3.26. The van der Waals surface area contributed by atoms with Gasteiger partial charge in [-0.05, 0) is 60.6 Å². The molecule has 2 aromatic rings. The summed E-state index contributed by atoms with van der Waals surface area (Å²) in [7, 11) is 0.418. The summed E-state index contributed by atoms with van der Waals surface area (Å²) in [5.74, 6) is 0. The van der Waals surface area contributed by atoms with E-state index in [-0.39, 0.29) is 6.10 Å². The van der Waals surface area contributed by atoms with E-state index < -0.39 is 10.0 Å². The largest absolute Gasteiger partial charge is 0.378 e. The molecule has 160 valence electrons. The first kappa shape index (κ1) is 21.1. The van der Waals surface area contributed by atoms with E-state index in [4.69, 9.17) is 4.74 Å². The van der Waals surface area contributed by atoms with Crippen LogP contribution in [0.1, 0.15) is 36.0 Å². The van der Waals surface area contributed by atoms with Crippen molar-refractivity contribution in [1.29, 1.82) is 0 Å². The number of rotatable bonds is 7. The number of hydrogen-bond donors (Lipinski definition) is 0. The lowest BCUT2D eigenvalue weighted by molar-refractivity contribution is 0.0928. The standard InChI is InChI=1S/C24H30N2O3S/c1-25(2)22-12-9-19(10-13-22)17-26(18-23-8-5-15-29-23)30(27,28)24-14-11-20-6-3-4-7-21(20)16-24/h3-4,6-7,9-10,12-13,16,23H,5,8,11,14-15,17-18H2,1-2H3/t23-/m1/s1. The van der Waals surface area contributed by atoms with Gasteiger partial charge in [0.25, 0.3) is 0 Å². The third-order valence-electron chi connectivity index (χ3n) is 5.93. The van der Waals surface area contributed by atoms with Gasteiger partial charge >= 0.3 is 0 Å². The molecule has 1 fully saturated rings. The van der Waals surface area contributed by atoms with Crippen LogP contribution in [0.4, 0.5) is 5.69 Å². The van der Waals surface area contributed by atoms with Crippen LogP contribution in [0.3, 0.4) is 0 Å². The van der Waals surface area contributed by atoms with E-state index in [1.165, 1.54) is 5.56 Å². The van der Waals surface area contributed by atoms with Gasteiger partial charge in [0, 0.05) is 39.5 Å². The van der Waals surface area contributed by atoms with Crippen LogP contribution in [-0.2, 0) is 27.7 Å². The topological polar surface area (TPSA) is 49.9 Å². The molecule has 30 heavy (non-hydrogen) atoms. The Bertz CT molecular complexity index is 1010. The van der Waals surface area contributed by atoms with Crippen LogP contribution >= 0.6 is 0 Å². The highest BCUT2D eigenvalue weighted by Crippen LogP contribution is 2.30. The number of aryl methyl sites for hydroxylation is 1. The van der Waals surface area contributed by atoms with Crippen LogP contribution < -0.4 is 4.90 Å². The highest BCUT2D eigenvalue weighted by Gasteiger charge is 2.32. The lowest BCUT2D eigenvalue weighted by Gasteiger charge is -2.28. The molecule has 0 radical (unpaired) electrons. The molecule has 6 heteroatoms. The van der Waals surface area contributed by atoms with Gasteiger partial charge in [0.2, 0.25) is 10.0 Å². The molecule has 1 aliphatic carbocycles. The maximum Gasteiger partial charge on any atom is 0.239 e. The summed E-state index contributed by atoms with van der Waals surface area (Å²) in [5, 5.41) is 0. The van der Waals surface area contributed by atoms with Gasteiger partial charge < -0.3 is 9.64 Å². The Kier molecular flexibility index (Phi) is 6.27. The lowest BCUT2D eigenvalue weighted by atomic mass is 9.98. The second-order valence-corrected chi connectivity index (χ2v) is 10.3. The van der Waals surface area contributed by atoms with Crippen molar-refractivity contribution in [3.8, 4) is 0 Å². The molecular formula is C24H30N2O3S. The van der Waals surface area contributed by atoms with Crippen LogP contribution in [0, 0.1) is 0 Å². The minimum Gasteiger partial charge on any atom is -0.378 e. The van der Waals surface area contributed by atoms with E-state index in [2.05, 4.69) is 6.07 Å². The molecule has 5 nitrogen and oxygen atoms in total. The number of fused-ring (bicyclic) bond motifs is 1. The van der Waals surface area contributed by atoms with Crippen molar-refractivity contribution in [2.24, 2.45) is 0 Å². The van der Waals surface area contributed by atoms with Gasteiger partial charge in [0.15, 0.2) is 0 Å². The number of ether oxygens (including phenoxy) is 1. The van der Waals surface area contributed by atoms with E-state index in [0.717, 1.165) is 36.1 Å². The number of allylic oxidation sites excluding steroid dienone is 1. The number of hydrogen-bond acceptors (Lipinski definition) is 4. The quantitative estimate of drug-likeness (QED) is 0.670. The summed E-state index contributed by atoms with van der Waals surface area (Å²) >= 11 is 0. The fourth-order valence-corrected chi connectivity index (χ4v) is 5.79. The summed E-state index contributed by atoms with van der Waals surface area (Å²) < 4.78 is 34.7. The Morgan fingerprint density at radius 1 is 1.03 bits per heavy atom. The SMILES string of the molecule is CN(C)c1ccc(CN(C[C@H]2CCCO2)S(=O)(=O)C2=Cc3ccccc3CC2)cc1. The van der Waals surface area contributed by atoms with E-state index in [0.29, 0.717) is 31.0 Å². The molecule has 2 aromatic carbocycles. The molecule has 0 aromatic heterocycles. The summed E-state index contributed by atoms with van der Waals surface area (Å²) in [6, 6.07) is 16.1. The van der Waals surface area contributed by atoms with Gasteiger partial charge in [-0.3, -0.25) is 0 Å². The summed E-state index contributed by atoms with van der Waals surface area (Å²) in [4.78, 5) is 2.54. The first-order chi connectivity index (χ1) is 14.4.